The van der Waals surface area contributed by atoms with E-state index in [1.54, 1.807) is 42.1 Å². The van der Waals surface area contributed by atoms with Crippen molar-refractivity contribution in [3.05, 3.63) is 138 Å². The molecule has 1 saturated heterocycles. The number of hydrogen-bond acceptors (Lipinski definition) is 13. The number of rotatable bonds is 22. The minimum atomic E-state index is -1.50. The second-order valence-corrected chi connectivity index (χ2v) is 19.7. The number of ether oxygens (including phenoxy) is 6. The number of nitrogens with zero attached hydrogens (tertiary/aromatic N) is 3. The molecule has 7 atom stereocenters. The van der Waals surface area contributed by atoms with Crippen molar-refractivity contribution in [1.29, 1.82) is 5.26 Å². The predicted molar refractivity (Wildman–Crippen MR) is 266 cm³/mol. The van der Waals surface area contributed by atoms with Crippen LogP contribution in [-0.2, 0) is 20.9 Å². The number of unbranched alkanes of at least 4 members (excludes halogenated alkanes) is 2. The standard InChI is InChI=1S/C56H63N3O10S/c1-2-27-67-56-51(59(55(62)40-20-17-38(35-57)18-21-40)36-39-19-23-49-50(31-39)66-37-65-49)34-47(58-69-52-16-8-11-28-64-52)45-32-41(12-6-9-25-60)44(15-7-10-26-61)53(54(45)56)46-33-42(22-24-48(46)68-56)63-29-30-70-43-13-4-3-5-14-43/h2-5,13-14,17-24,31-33,41,44,51-54,60-61H,1,6-12,15-16,25-30,34,36-37H2. The second kappa shape index (κ2) is 23.4. The van der Waals surface area contributed by atoms with E-state index in [2.05, 4.69) is 36.9 Å². The number of carbonyl (C=O) groups is 1. The van der Waals surface area contributed by atoms with Gasteiger partial charge >= 0.3 is 0 Å². The molecule has 2 fully saturated rings. The van der Waals surface area contributed by atoms with Crippen molar-refractivity contribution in [2.75, 3.05) is 45.6 Å². The van der Waals surface area contributed by atoms with Crippen molar-refractivity contribution in [3.63, 3.8) is 0 Å². The summed E-state index contributed by atoms with van der Waals surface area (Å²) < 4.78 is 38.9. The van der Waals surface area contributed by atoms with Gasteiger partial charge in [-0.15, -0.1) is 18.3 Å². The van der Waals surface area contributed by atoms with Gasteiger partial charge in [-0.3, -0.25) is 4.79 Å². The Morgan fingerprint density at radius 1 is 0.943 bits per heavy atom. The molecule has 5 aliphatic rings. The number of thioether (sulfide) groups is 1. The molecule has 0 spiro atoms. The third kappa shape index (κ3) is 10.9. The number of allylic oxidation sites excluding steroid dienone is 1. The molecule has 368 valence electrons. The lowest BCUT2D eigenvalue weighted by Gasteiger charge is -2.60. The van der Waals surface area contributed by atoms with Gasteiger partial charge in [-0.2, -0.15) is 5.26 Å². The molecule has 1 amide bonds. The Labute approximate surface area is 415 Å². The van der Waals surface area contributed by atoms with Crippen LogP contribution in [0.4, 0.5) is 0 Å². The average molecular weight is 970 g/mol. The van der Waals surface area contributed by atoms with Crippen LogP contribution in [0.1, 0.15) is 97.2 Å². The van der Waals surface area contributed by atoms with Crippen molar-refractivity contribution >= 4 is 23.4 Å². The number of amides is 1. The summed E-state index contributed by atoms with van der Waals surface area (Å²) in [5, 5.41) is 34.9. The smallest absolute Gasteiger partial charge is 0.254 e. The summed E-state index contributed by atoms with van der Waals surface area (Å²) in [4.78, 5) is 24.9. The van der Waals surface area contributed by atoms with Crippen LogP contribution in [0.3, 0.4) is 0 Å². The van der Waals surface area contributed by atoms with Gasteiger partial charge in [0.25, 0.3) is 5.91 Å². The summed E-state index contributed by atoms with van der Waals surface area (Å²) in [6.45, 7) is 5.68. The molecule has 0 bridgehead atoms. The first-order valence-electron chi connectivity index (χ1n) is 24.8. The normalized spacial score (nSPS) is 24.6. The van der Waals surface area contributed by atoms with Gasteiger partial charge in [-0.1, -0.05) is 54.4 Å². The predicted octanol–water partition coefficient (Wildman–Crippen LogP) is 9.96. The first-order chi connectivity index (χ1) is 34.4. The van der Waals surface area contributed by atoms with Crippen LogP contribution >= 0.6 is 11.8 Å². The Kier molecular flexibility index (Phi) is 16.4. The molecule has 9 rings (SSSR count). The van der Waals surface area contributed by atoms with E-state index >= 15 is 4.79 Å². The molecule has 0 aromatic heterocycles. The van der Waals surface area contributed by atoms with Crippen LogP contribution in [0.25, 0.3) is 0 Å². The molecule has 70 heavy (non-hydrogen) atoms. The third-order valence-corrected chi connectivity index (χ3v) is 15.1. The Morgan fingerprint density at radius 2 is 1.74 bits per heavy atom. The van der Waals surface area contributed by atoms with Gasteiger partial charge in [-0.05, 0) is 128 Å². The molecule has 2 aliphatic carbocycles. The Bertz CT molecular complexity index is 2520. The van der Waals surface area contributed by atoms with E-state index in [1.165, 1.54) is 4.90 Å². The SMILES string of the molecule is C=CCOC12Oc3ccc(OCCSc4ccccc4)cc3C3C(CCCCO)C(CCCCO)C=C(C(=NOC4CCCCO4)CC1N(Cc1ccc4c(c1)OCO4)C(=O)c1ccc(C#N)cc1)C32. The van der Waals surface area contributed by atoms with Gasteiger partial charge in [0.1, 0.15) is 17.5 Å². The van der Waals surface area contributed by atoms with Gasteiger partial charge in [0.2, 0.25) is 18.9 Å². The molecule has 0 radical (unpaired) electrons. The Hall–Kier alpha value is -5.82. The van der Waals surface area contributed by atoms with Crippen molar-refractivity contribution in [1.82, 2.24) is 4.90 Å². The van der Waals surface area contributed by atoms with Crippen LogP contribution in [0.15, 0.2) is 125 Å². The van der Waals surface area contributed by atoms with Gasteiger partial charge in [0, 0.05) is 60.3 Å². The number of aliphatic hydroxyl groups excluding tert-OH is 2. The van der Waals surface area contributed by atoms with Crippen LogP contribution in [0, 0.1) is 29.1 Å². The second-order valence-electron chi connectivity index (χ2n) is 18.5. The molecule has 4 aromatic carbocycles. The maximum atomic E-state index is 15.6. The highest BCUT2D eigenvalue weighted by atomic mass is 32.2. The number of carbonyl (C=O) groups excluding carboxylic acids is 1. The van der Waals surface area contributed by atoms with Crippen molar-refractivity contribution in [3.8, 4) is 29.1 Å². The third-order valence-electron chi connectivity index (χ3n) is 14.1. The fraction of sp³-hybridized carbons (Fsp3) is 0.446. The molecular formula is C56H63N3O10S. The average Bonchev–Trinajstić information content (AvgIpc) is 3.88. The van der Waals surface area contributed by atoms with Gasteiger partial charge < -0.3 is 48.4 Å². The van der Waals surface area contributed by atoms with Crippen LogP contribution < -0.4 is 18.9 Å². The number of aliphatic hydroxyl groups is 2. The lowest BCUT2D eigenvalue weighted by Crippen LogP contribution is -2.70. The first-order valence-corrected chi connectivity index (χ1v) is 25.8. The molecule has 13 nitrogen and oxygen atoms in total. The quantitative estimate of drug-likeness (QED) is 0.0333. The number of fused-ring (bicyclic) bond motifs is 3. The zero-order valence-electron chi connectivity index (χ0n) is 39.6. The van der Waals surface area contributed by atoms with E-state index in [9.17, 15) is 15.5 Å². The van der Waals surface area contributed by atoms with Crippen molar-refractivity contribution < 1.29 is 48.3 Å². The molecule has 3 aliphatic heterocycles. The van der Waals surface area contributed by atoms with Gasteiger partial charge in [0.05, 0.1) is 43.1 Å². The lowest BCUT2D eigenvalue weighted by molar-refractivity contribution is -0.255. The summed E-state index contributed by atoms with van der Waals surface area (Å²) in [6, 6.07) is 30.1. The molecule has 7 unspecified atom stereocenters. The zero-order valence-corrected chi connectivity index (χ0v) is 40.4. The van der Waals surface area contributed by atoms with Crippen LogP contribution in [0.5, 0.6) is 23.0 Å². The molecule has 4 aromatic rings. The monoisotopic (exact) mass is 969 g/mol. The first kappa shape index (κ1) is 49.2. The number of nitriles is 1. The minimum absolute atomic E-state index is 0.0244. The fourth-order valence-corrected chi connectivity index (χ4v) is 11.7. The van der Waals surface area contributed by atoms with Crippen LogP contribution in [-0.4, -0.2) is 90.4 Å². The summed E-state index contributed by atoms with van der Waals surface area (Å²) in [5.41, 5.74) is 4.20. The summed E-state index contributed by atoms with van der Waals surface area (Å²) in [5.74, 6) is 0.816. The maximum Gasteiger partial charge on any atom is 0.254 e. The molecular weight excluding hydrogens is 907 g/mol. The highest BCUT2D eigenvalue weighted by Crippen LogP contribution is 2.62. The molecule has 2 N–H and O–H groups in total. The Morgan fingerprint density at radius 3 is 2.51 bits per heavy atom. The van der Waals surface area contributed by atoms with Gasteiger partial charge in [0.15, 0.2) is 11.5 Å². The fourth-order valence-electron chi connectivity index (χ4n) is 10.9. The van der Waals surface area contributed by atoms with Crippen LogP contribution in [0.2, 0.25) is 0 Å². The highest BCUT2D eigenvalue weighted by molar-refractivity contribution is 7.99. The number of oxime groups is 1. The van der Waals surface area contributed by atoms with Crippen molar-refractivity contribution in [2.45, 2.75) is 99.7 Å². The summed E-state index contributed by atoms with van der Waals surface area (Å²) in [6.07, 6.45) is 10.8. The minimum Gasteiger partial charge on any atom is -0.493 e. The van der Waals surface area contributed by atoms with Gasteiger partial charge in [-0.25, -0.2) is 0 Å². The van der Waals surface area contributed by atoms with E-state index in [1.807, 2.05) is 53.4 Å². The highest BCUT2D eigenvalue weighted by Gasteiger charge is 2.65. The zero-order chi connectivity index (χ0) is 48.3. The van der Waals surface area contributed by atoms with E-state index in [4.69, 9.17) is 38.4 Å². The largest absolute Gasteiger partial charge is 0.493 e. The summed E-state index contributed by atoms with van der Waals surface area (Å²) in [7, 11) is 0. The number of hydrogen-bond donors (Lipinski definition) is 2. The maximum absolute atomic E-state index is 15.6. The van der Waals surface area contributed by atoms with E-state index in [-0.39, 0.29) is 63.2 Å². The molecule has 14 heteroatoms. The molecule has 3 heterocycles. The summed E-state index contributed by atoms with van der Waals surface area (Å²) >= 11 is 1.74. The van der Waals surface area contributed by atoms with E-state index in [0.29, 0.717) is 66.6 Å². The lowest BCUT2D eigenvalue weighted by atomic mass is 9.55. The Balaban J connectivity index is 1.21. The number of benzene rings is 4. The van der Waals surface area contributed by atoms with E-state index < -0.39 is 24.0 Å². The van der Waals surface area contributed by atoms with Crippen molar-refractivity contribution in [2.24, 2.45) is 22.9 Å². The molecule has 1 saturated carbocycles. The van der Waals surface area contributed by atoms with E-state index in [0.717, 1.165) is 66.7 Å². The topological polar surface area (TPSA) is 162 Å².